The number of hydrogen-bond donors (Lipinski definition) is 3. The molecule has 0 aliphatic carbocycles. The molecule has 2 aromatic rings. The molecule has 7 nitrogen and oxygen atoms in total. The lowest BCUT2D eigenvalue weighted by atomic mass is 10.1. The molecule has 0 radical (unpaired) electrons. The maximum Gasteiger partial charge on any atom is 0.222 e. The molecule has 0 fully saturated rings. The Labute approximate surface area is 97.9 Å². The Hall–Kier alpha value is -1.73. The van der Waals surface area contributed by atoms with Gasteiger partial charge in [0.05, 0.1) is 12.5 Å². The minimum atomic E-state index is -0.119. The highest BCUT2D eigenvalue weighted by Gasteiger charge is 2.09. The number of nitrogens with two attached hydrogens (primary N) is 1. The van der Waals surface area contributed by atoms with E-state index in [4.69, 9.17) is 15.9 Å². The minimum absolute atomic E-state index is 0.0275. The van der Waals surface area contributed by atoms with Crippen molar-refractivity contribution in [1.29, 1.82) is 0 Å². The highest BCUT2D eigenvalue weighted by molar-refractivity contribution is 5.70. The van der Waals surface area contributed by atoms with Crippen LogP contribution in [0.25, 0.3) is 11.2 Å². The minimum Gasteiger partial charge on any atom is -0.396 e. The largest absolute Gasteiger partial charge is 0.396 e. The van der Waals surface area contributed by atoms with Gasteiger partial charge in [-0.15, -0.1) is 0 Å². The van der Waals surface area contributed by atoms with Crippen LogP contribution in [0.3, 0.4) is 0 Å². The van der Waals surface area contributed by atoms with Gasteiger partial charge in [-0.1, -0.05) is 0 Å². The molecule has 0 saturated carbocycles. The predicted molar refractivity (Wildman–Crippen MR) is 62.0 cm³/mol. The van der Waals surface area contributed by atoms with E-state index in [1.165, 1.54) is 0 Å². The summed E-state index contributed by atoms with van der Waals surface area (Å²) in [4.78, 5) is 12.1. The number of hydrogen-bond acceptors (Lipinski definition) is 6. The van der Waals surface area contributed by atoms with Crippen molar-refractivity contribution in [2.24, 2.45) is 5.92 Å². The molecule has 92 valence electrons. The Kier molecular flexibility index (Phi) is 3.50. The number of rotatable bonds is 5. The Morgan fingerprint density at radius 1 is 1.29 bits per heavy atom. The molecule has 17 heavy (non-hydrogen) atoms. The first-order valence-electron chi connectivity index (χ1n) is 5.39. The van der Waals surface area contributed by atoms with Gasteiger partial charge in [-0.25, -0.2) is 9.97 Å². The second-order valence-electron chi connectivity index (χ2n) is 3.89. The molecule has 0 amide bonds. The monoisotopic (exact) mass is 237 g/mol. The summed E-state index contributed by atoms with van der Waals surface area (Å²) in [6.07, 6.45) is 3.89. The number of nitrogen functional groups attached to an aromatic ring is 1. The molecule has 0 unspecified atom stereocenters. The van der Waals surface area contributed by atoms with Crippen molar-refractivity contribution >= 4 is 17.1 Å². The summed E-state index contributed by atoms with van der Waals surface area (Å²) in [7, 11) is 0. The molecule has 0 aliphatic heterocycles. The van der Waals surface area contributed by atoms with Crippen LogP contribution in [0.2, 0.25) is 0 Å². The van der Waals surface area contributed by atoms with Crippen LogP contribution in [0.5, 0.6) is 0 Å². The molecule has 7 heteroatoms. The average molecular weight is 237 g/mol. The molecular weight excluding hydrogens is 222 g/mol. The van der Waals surface area contributed by atoms with Gasteiger partial charge in [-0.3, -0.25) is 0 Å². The van der Waals surface area contributed by atoms with Crippen LogP contribution in [0, 0.1) is 5.92 Å². The molecule has 0 aliphatic rings. The number of nitrogens with zero attached hydrogens (tertiary/aromatic N) is 4. The Morgan fingerprint density at radius 3 is 2.76 bits per heavy atom. The maximum atomic E-state index is 8.98. The quantitative estimate of drug-likeness (QED) is 0.640. The lowest BCUT2D eigenvalue weighted by Gasteiger charge is -2.10. The summed E-state index contributed by atoms with van der Waals surface area (Å²) in [5.41, 5.74) is 6.87. The number of aryl methyl sites for hydroxylation is 1. The topological polar surface area (TPSA) is 110 Å². The third-order valence-corrected chi connectivity index (χ3v) is 2.67. The van der Waals surface area contributed by atoms with E-state index in [1.807, 2.05) is 4.57 Å². The molecule has 4 N–H and O–H groups in total. The van der Waals surface area contributed by atoms with Crippen molar-refractivity contribution in [2.75, 3.05) is 18.9 Å². The van der Waals surface area contributed by atoms with E-state index in [-0.39, 0.29) is 25.1 Å². The fourth-order valence-corrected chi connectivity index (χ4v) is 1.59. The van der Waals surface area contributed by atoms with Crippen LogP contribution in [-0.2, 0) is 6.54 Å². The average Bonchev–Trinajstić information content (AvgIpc) is 2.73. The molecule has 0 bridgehead atoms. The SMILES string of the molecule is Nc1ncc2ncn(CCC(CO)CO)c2n1. The third kappa shape index (κ3) is 2.51. The zero-order chi connectivity index (χ0) is 12.3. The molecule has 0 atom stereocenters. The van der Waals surface area contributed by atoms with Gasteiger partial charge in [-0.2, -0.15) is 4.98 Å². The molecule has 0 aromatic carbocycles. The summed E-state index contributed by atoms with van der Waals surface area (Å²) in [6.45, 7) is 0.569. The van der Waals surface area contributed by atoms with Crippen LogP contribution < -0.4 is 5.73 Å². The maximum absolute atomic E-state index is 8.98. The standard InChI is InChI=1S/C10H15N5O2/c11-10-12-3-8-9(14-10)15(6-13-8)2-1-7(4-16)5-17/h3,6-7,16-17H,1-2,4-5H2,(H2,11,12,14). The van der Waals surface area contributed by atoms with Crippen LogP contribution >= 0.6 is 0 Å². The summed E-state index contributed by atoms with van der Waals surface area (Å²) in [6, 6.07) is 0. The van der Waals surface area contributed by atoms with Crippen LogP contribution in [0.15, 0.2) is 12.5 Å². The summed E-state index contributed by atoms with van der Waals surface area (Å²) >= 11 is 0. The zero-order valence-corrected chi connectivity index (χ0v) is 9.32. The van der Waals surface area contributed by atoms with Gasteiger partial charge in [0.2, 0.25) is 5.95 Å². The summed E-state index contributed by atoms with van der Waals surface area (Å²) in [5.74, 6) is 0.0896. The number of aliphatic hydroxyl groups excluding tert-OH is 2. The van der Waals surface area contributed by atoms with Crippen LogP contribution in [0.1, 0.15) is 6.42 Å². The van der Waals surface area contributed by atoms with Gasteiger partial charge < -0.3 is 20.5 Å². The molecular formula is C10H15N5O2. The van der Waals surface area contributed by atoms with Crippen molar-refractivity contribution in [1.82, 2.24) is 19.5 Å². The first kappa shape index (κ1) is 11.7. The van der Waals surface area contributed by atoms with Gasteiger partial charge in [0.1, 0.15) is 5.52 Å². The normalized spacial score (nSPS) is 11.5. The fraction of sp³-hybridized carbons (Fsp3) is 0.500. The molecule has 0 spiro atoms. The number of anilines is 1. The zero-order valence-electron chi connectivity index (χ0n) is 9.32. The van der Waals surface area contributed by atoms with Crippen molar-refractivity contribution in [3.63, 3.8) is 0 Å². The highest BCUT2D eigenvalue weighted by atomic mass is 16.3. The highest BCUT2D eigenvalue weighted by Crippen LogP contribution is 2.12. The van der Waals surface area contributed by atoms with Crippen molar-refractivity contribution in [3.8, 4) is 0 Å². The van der Waals surface area contributed by atoms with Gasteiger partial charge in [0.15, 0.2) is 5.65 Å². The van der Waals surface area contributed by atoms with Crippen molar-refractivity contribution in [2.45, 2.75) is 13.0 Å². The van der Waals surface area contributed by atoms with Crippen LogP contribution in [-0.4, -0.2) is 42.9 Å². The first-order chi connectivity index (χ1) is 8.24. The van der Waals surface area contributed by atoms with E-state index in [0.717, 1.165) is 0 Å². The number of fused-ring (bicyclic) bond motifs is 1. The second-order valence-corrected chi connectivity index (χ2v) is 3.89. The Morgan fingerprint density at radius 2 is 2.06 bits per heavy atom. The predicted octanol–water partition coefficient (Wildman–Crippen LogP) is -0.601. The van der Waals surface area contributed by atoms with Crippen molar-refractivity contribution < 1.29 is 10.2 Å². The second kappa shape index (κ2) is 5.07. The van der Waals surface area contributed by atoms with Gasteiger partial charge >= 0.3 is 0 Å². The third-order valence-electron chi connectivity index (χ3n) is 2.67. The molecule has 2 heterocycles. The van der Waals surface area contributed by atoms with E-state index in [1.54, 1.807) is 12.5 Å². The van der Waals surface area contributed by atoms with Crippen molar-refractivity contribution in [3.05, 3.63) is 12.5 Å². The molecule has 0 saturated heterocycles. The summed E-state index contributed by atoms with van der Waals surface area (Å²) in [5, 5.41) is 18.0. The number of aromatic nitrogens is 4. The van der Waals surface area contributed by atoms with E-state index in [9.17, 15) is 0 Å². The summed E-state index contributed by atoms with van der Waals surface area (Å²) < 4.78 is 1.84. The smallest absolute Gasteiger partial charge is 0.222 e. The number of imidazole rings is 1. The van der Waals surface area contributed by atoms with Crippen LogP contribution in [0.4, 0.5) is 5.95 Å². The van der Waals surface area contributed by atoms with E-state index < -0.39 is 0 Å². The van der Waals surface area contributed by atoms with Gasteiger partial charge in [-0.05, 0) is 6.42 Å². The molecule has 2 aromatic heterocycles. The van der Waals surface area contributed by atoms with E-state index in [2.05, 4.69) is 15.0 Å². The van der Waals surface area contributed by atoms with Gasteiger partial charge in [0, 0.05) is 25.7 Å². The van der Waals surface area contributed by atoms with Gasteiger partial charge in [0.25, 0.3) is 0 Å². The lowest BCUT2D eigenvalue weighted by molar-refractivity contribution is 0.140. The Bertz CT molecular complexity index is 494. The van der Waals surface area contributed by atoms with E-state index in [0.29, 0.717) is 24.1 Å². The Balaban J connectivity index is 2.16. The molecule has 2 rings (SSSR count). The number of aliphatic hydroxyl groups is 2. The fourth-order valence-electron chi connectivity index (χ4n) is 1.59. The van der Waals surface area contributed by atoms with E-state index >= 15 is 0 Å². The first-order valence-corrected chi connectivity index (χ1v) is 5.39. The lowest BCUT2D eigenvalue weighted by Crippen LogP contribution is -2.14.